The van der Waals surface area contributed by atoms with Crippen molar-refractivity contribution in [2.75, 3.05) is 7.11 Å². The second-order valence-corrected chi connectivity index (χ2v) is 12.9. The molecular formula is C35H49NO4. The lowest BCUT2D eigenvalue weighted by molar-refractivity contribution is -0.121. The zero-order chi connectivity index (χ0) is 30.3. The molecule has 3 aromatic rings. The fourth-order valence-corrected chi connectivity index (χ4v) is 4.75. The lowest BCUT2D eigenvalue weighted by atomic mass is 9.78. The molecule has 0 aromatic heterocycles. The topological polar surface area (TPSA) is 78.8 Å². The summed E-state index contributed by atoms with van der Waals surface area (Å²) in [5.41, 5.74) is 8.15. The lowest BCUT2D eigenvalue weighted by Gasteiger charge is -2.28. The number of carbonyl (C=O) groups is 1. The number of nitrogens with one attached hydrogen (secondary N) is 1. The molecule has 0 spiro atoms. The Morgan fingerprint density at radius 3 is 1.73 bits per heavy atom. The fourth-order valence-electron chi connectivity index (χ4n) is 4.75. The van der Waals surface area contributed by atoms with Gasteiger partial charge in [0.05, 0.1) is 6.61 Å². The average molecular weight is 548 g/mol. The van der Waals surface area contributed by atoms with Gasteiger partial charge in [-0.05, 0) is 72.4 Å². The Morgan fingerprint density at radius 1 is 0.775 bits per heavy atom. The van der Waals surface area contributed by atoms with Gasteiger partial charge < -0.3 is 20.3 Å². The standard InChI is InChI=1S/C26H37NO4.C9H12/c1-25(2,3)20-13-17(14-21(24(20)30)26(4,5)6)9-11-23(29)27-15-18-8-10-22(28)19(12-18)16-31-7;1-7-4-8(2)6-9(3)5-7/h8,10,12-14,28,30H,9,11,15-16H2,1-7H3,(H,27,29);4-6H,1-3H3. The number of phenols is 2. The van der Waals surface area contributed by atoms with E-state index in [4.69, 9.17) is 4.74 Å². The Morgan fingerprint density at radius 2 is 1.27 bits per heavy atom. The molecule has 0 aliphatic carbocycles. The molecule has 1 amide bonds. The maximum atomic E-state index is 12.5. The predicted molar refractivity (Wildman–Crippen MR) is 165 cm³/mol. The van der Waals surface area contributed by atoms with Gasteiger partial charge in [0.1, 0.15) is 11.5 Å². The molecule has 0 atom stereocenters. The van der Waals surface area contributed by atoms with Crippen LogP contribution in [0.4, 0.5) is 0 Å². The minimum atomic E-state index is -0.193. The van der Waals surface area contributed by atoms with Gasteiger partial charge in [-0.2, -0.15) is 0 Å². The summed E-state index contributed by atoms with van der Waals surface area (Å²) < 4.78 is 5.09. The summed E-state index contributed by atoms with van der Waals surface area (Å²) >= 11 is 0. The van der Waals surface area contributed by atoms with E-state index in [0.717, 1.165) is 22.3 Å². The number of hydrogen-bond donors (Lipinski definition) is 3. The van der Waals surface area contributed by atoms with Crippen molar-refractivity contribution in [2.24, 2.45) is 0 Å². The van der Waals surface area contributed by atoms with Crippen molar-refractivity contribution in [3.05, 3.63) is 93.0 Å². The number of benzene rings is 3. The number of carbonyl (C=O) groups excluding carboxylic acids is 1. The van der Waals surface area contributed by atoms with Gasteiger partial charge in [0.2, 0.25) is 5.91 Å². The van der Waals surface area contributed by atoms with E-state index in [0.29, 0.717) is 37.3 Å². The van der Waals surface area contributed by atoms with Crippen molar-refractivity contribution in [3.8, 4) is 11.5 Å². The molecule has 3 N–H and O–H groups in total. The van der Waals surface area contributed by atoms with E-state index in [1.165, 1.54) is 16.7 Å². The summed E-state index contributed by atoms with van der Waals surface area (Å²) in [5.74, 6) is 0.505. The van der Waals surface area contributed by atoms with E-state index in [2.05, 4.69) is 85.8 Å². The maximum Gasteiger partial charge on any atom is 0.220 e. The zero-order valence-electron chi connectivity index (χ0n) is 26.2. The molecule has 0 aliphatic heterocycles. The SMILES string of the molecule is COCc1cc(CNC(=O)CCc2cc(C(C)(C)C)c(O)c(C(C)(C)C)c2)ccc1O.Cc1cc(C)cc(C)c1. The summed E-state index contributed by atoms with van der Waals surface area (Å²) in [6.07, 6.45) is 0.962. The summed E-state index contributed by atoms with van der Waals surface area (Å²) in [6, 6.07) is 15.9. The molecule has 0 fully saturated rings. The molecule has 218 valence electrons. The molecule has 3 aromatic carbocycles. The first-order valence-corrected chi connectivity index (χ1v) is 14.0. The Bertz CT molecular complexity index is 1210. The Labute approximate surface area is 241 Å². The maximum absolute atomic E-state index is 12.5. The largest absolute Gasteiger partial charge is 0.508 e. The first-order chi connectivity index (χ1) is 18.5. The van der Waals surface area contributed by atoms with Gasteiger partial charge in [0.25, 0.3) is 0 Å². The van der Waals surface area contributed by atoms with Crippen molar-refractivity contribution in [2.45, 2.75) is 99.1 Å². The van der Waals surface area contributed by atoms with E-state index in [1.54, 1.807) is 19.2 Å². The molecule has 0 heterocycles. The number of rotatable bonds is 7. The molecule has 0 saturated carbocycles. The third-order valence-corrected chi connectivity index (χ3v) is 6.73. The van der Waals surface area contributed by atoms with Crippen molar-refractivity contribution in [1.82, 2.24) is 5.32 Å². The minimum absolute atomic E-state index is 0.0379. The first kappa shape index (κ1) is 32.9. The second kappa shape index (κ2) is 13.8. The van der Waals surface area contributed by atoms with Crippen LogP contribution in [0, 0.1) is 20.8 Å². The fraction of sp³-hybridized carbons (Fsp3) is 0.457. The van der Waals surface area contributed by atoms with Crippen molar-refractivity contribution >= 4 is 5.91 Å². The Hall–Kier alpha value is -3.31. The molecule has 5 nitrogen and oxygen atoms in total. The van der Waals surface area contributed by atoms with E-state index in [1.807, 2.05) is 18.2 Å². The van der Waals surface area contributed by atoms with Crippen LogP contribution in [0.1, 0.15) is 92.5 Å². The van der Waals surface area contributed by atoms with Crippen LogP contribution < -0.4 is 5.32 Å². The van der Waals surface area contributed by atoms with Crippen LogP contribution >= 0.6 is 0 Å². The smallest absolute Gasteiger partial charge is 0.220 e. The van der Waals surface area contributed by atoms with Gasteiger partial charge in [-0.25, -0.2) is 0 Å². The van der Waals surface area contributed by atoms with Crippen LogP contribution in [0.25, 0.3) is 0 Å². The number of methoxy groups -OCH3 is 1. The summed E-state index contributed by atoms with van der Waals surface area (Å²) in [5, 5.41) is 23.6. The minimum Gasteiger partial charge on any atom is -0.508 e. The monoisotopic (exact) mass is 547 g/mol. The Kier molecular flexibility index (Phi) is 11.4. The molecular weight excluding hydrogens is 498 g/mol. The highest BCUT2D eigenvalue weighted by Gasteiger charge is 2.26. The first-order valence-electron chi connectivity index (χ1n) is 14.0. The lowest BCUT2D eigenvalue weighted by Crippen LogP contribution is -2.23. The van der Waals surface area contributed by atoms with Crippen molar-refractivity contribution < 1.29 is 19.7 Å². The predicted octanol–water partition coefficient (Wildman–Crippen LogP) is 7.70. The molecule has 0 saturated heterocycles. The summed E-state index contributed by atoms with van der Waals surface area (Å²) in [6.45, 7) is 19.6. The van der Waals surface area contributed by atoms with E-state index < -0.39 is 0 Å². The number of aromatic hydroxyl groups is 2. The highest BCUT2D eigenvalue weighted by Crippen LogP contribution is 2.40. The van der Waals surface area contributed by atoms with Gasteiger partial charge in [0.15, 0.2) is 0 Å². The number of ether oxygens (including phenoxy) is 1. The van der Waals surface area contributed by atoms with Crippen LogP contribution in [-0.4, -0.2) is 23.2 Å². The van der Waals surface area contributed by atoms with Crippen molar-refractivity contribution in [3.63, 3.8) is 0 Å². The van der Waals surface area contributed by atoms with Crippen LogP contribution in [-0.2, 0) is 39.9 Å². The number of phenolic OH excluding ortho intramolecular Hbond substituents is 2. The van der Waals surface area contributed by atoms with Gasteiger partial charge in [-0.3, -0.25) is 4.79 Å². The number of aryl methyl sites for hydroxylation is 4. The highest BCUT2D eigenvalue weighted by molar-refractivity contribution is 5.76. The molecule has 0 aliphatic rings. The summed E-state index contributed by atoms with van der Waals surface area (Å²) in [7, 11) is 1.58. The summed E-state index contributed by atoms with van der Waals surface area (Å²) in [4.78, 5) is 12.5. The molecule has 0 unspecified atom stereocenters. The number of hydrogen-bond acceptors (Lipinski definition) is 4. The molecule has 40 heavy (non-hydrogen) atoms. The quantitative estimate of drug-likeness (QED) is 0.283. The van der Waals surface area contributed by atoms with Crippen LogP contribution in [0.5, 0.6) is 11.5 Å². The third-order valence-electron chi connectivity index (χ3n) is 6.73. The van der Waals surface area contributed by atoms with Gasteiger partial charge >= 0.3 is 0 Å². The van der Waals surface area contributed by atoms with Gasteiger partial charge in [-0.1, -0.05) is 94.6 Å². The van der Waals surface area contributed by atoms with E-state index in [9.17, 15) is 15.0 Å². The molecule has 3 rings (SSSR count). The molecule has 5 heteroatoms. The number of amides is 1. The highest BCUT2D eigenvalue weighted by atomic mass is 16.5. The second-order valence-electron chi connectivity index (χ2n) is 12.9. The average Bonchev–Trinajstić information content (AvgIpc) is 2.82. The Balaban J connectivity index is 0.000000526. The van der Waals surface area contributed by atoms with Crippen molar-refractivity contribution in [1.29, 1.82) is 0 Å². The van der Waals surface area contributed by atoms with E-state index in [-0.39, 0.29) is 22.5 Å². The van der Waals surface area contributed by atoms with Crippen LogP contribution in [0.3, 0.4) is 0 Å². The third kappa shape index (κ3) is 10.0. The zero-order valence-corrected chi connectivity index (χ0v) is 26.2. The van der Waals surface area contributed by atoms with Crippen LogP contribution in [0.15, 0.2) is 48.5 Å². The molecule has 0 bridgehead atoms. The van der Waals surface area contributed by atoms with Gasteiger partial charge in [0, 0.05) is 25.6 Å². The van der Waals surface area contributed by atoms with Gasteiger partial charge in [-0.15, -0.1) is 0 Å². The molecule has 0 radical (unpaired) electrons. The normalized spacial score (nSPS) is 11.6. The van der Waals surface area contributed by atoms with E-state index >= 15 is 0 Å². The van der Waals surface area contributed by atoms with Crippen LogP contribution in [0.2, 0.25) is 0 Å².